The molecule has 1 amide bonds. The van der Waals surface area contributed by atoms with Crippen LogP contribution in [0.5, 0.6) is 0 Å². The third-order valence-electron chi connectivity index (χ3n) is 2.32. The molecule has 1 aliphatic heterocycles. The third-order valence-corrected chi connectivity index (χ3v) is 2.32. The van der Waals surface area contributed by atoms with Crippen LogP contribution in [0.4, 0.5) is 4.39 Å². The van der Waals surface area contributed by atoms with Crippen molar-refractivity contribution in [3.05, 3.63) is 35.1 Å². The molecule has 2 nitrogen and oxygen atoms in total. The van der Waals surface area contributed by atoms with Crippen molar-refractivity contribution in [1.82, 2.24) is 5.32 Å². The van der Waals surface area contributed by atoms with Gasteiger partial charge in [-0.2, -0.15) is 0 Å². The second kappa shape index (κ2) is 2.83. The Hall–Kier alpha value is -1.38. The maximum absolute atomic E-state index is 13.1. The van der Waals surface area contributed by atoms with Crippen LogP contribution in [-0.4, -0.2) is 5.91 Å². The lowest BCUT2D eigenvalue weighted by Crippen LogP contribution is -2.41. The van der Waals surface area contributed by atoms with Gasteiger partial charge in [0.05, 0.1) is 12.5 Å². The summed E-state index contributed by atoms with van der Waals surface area (Å²) in [5.74, 6) is -0.176. The van der Waals surface area contributed by atoms with Gasteiger partial charge in [-0.25, -0.2) is 4.39 Å². The Balaban J connectivity index is 2.22. The summed E-state index contributed by atoms with van der Waals surface area (Å²) in [6.45, 7) is 1.72. The van der Waals surface area contributed by atoms with Crippen LogP contribution < -0.4 is 5.32 Å². The average Bonchev–Trinajstić information content (AvgIpc) is 2.05. The topological polar surface area (TPSA) is 29.1 Å². The summed E-state index contributed by atoms with van der Waals surface area (Å²) in [7, 11) is 0. The second-order valence-corrected chi connectivity index (χ2v) is 3.33. The Morgan fingerprint density at radius 3 is 2.77 bits per heavy atom. The van der Waals surface area contributed by atoms with E-state index in [-0.39, 0.29) is 17.8 Å². The van der Waals surface area contributed by atoms with E-state index in [0.29, 0.717) is 12.0 Å². The minimum absolute atomic E-state index is 0.0163. The lowest BCUT2D eigenvalue weighted by atomic mass is 9.96. The highest BCUT2D eigenvalue weighted by molar-refractivity contribution is 5.83. The maximum atomic E-state index is 13.1. The number of hydrogen-bond acceptors (Lipinski definition) is 1. The van der Waals surface area contributed by atoms with Gasteiger partial charge < -0.3 is 5.32 Å². The molecule has 1 unspecified atom stereocenters. The van der Waals surface area contributed by atoms with Gasteiger partial charge >= 0.3 is 0 Å². The minimum atomic E-state index is -0.210. The average molecular weight is 179 g/mol. The molecule has 0 aliphatic carbocycles. The number of carbonyl (C=O) groups is 1. The van der Waals surface area contributed by atoms with E-state index in [2.05, 4.69) is 5.32 Å². The Morgan fingerprint density at radius 2 is 2.23 bits per heavy atom. The van der Waals surface area contributed by atoms with Crippen molar-refractivity contribution in [2.75, 3.05) is 0 Å². The smallest absolute Gasteiger partial charge is 0.222 e. The van der Waals surface area contributed by atoms with E-state index in [1.165, 1.54) is 6.07 Å². The quantitative estimate of drug-likeness (QED) is 0.653. The summed E-state index contributed by atoms with van der Waals surface area (Å²) >= 11 is 0. The third kappa shape index (κ3) is 1.41. The molecule has 0 radical (unpaired) electrons. The number of hydrogen-bond donors (Lipinski definition) is 1. The number of rotatable bonds is 1. The number of carbonyl (C=O) groups excluding carboxylic acids is 1. The Morgan fingerprint density at radius 1 is 1.54 bits per heavy atom. The highest BCUT2D eigenvalue weighted by Crippen LogP contribution is 2.24. The molecule has 1 heterocycles. The Bertz CT molecular complexity index is 354. The lowest BCUT2D eigenvalue weighted by molar-refractivity contribution is -0.128. The Kier molecular flexibility index (Phi) is 1.79. The van der Waals surface area contributed by atoms with Crippen LogP contribution in [0.3, 0.4) is 0 Å². The second-order valence-electron chi connectivity index (χ2n) is 3.33. The van der Waals surface area contributed by atoms with E-state index in [9.17, 15) is 9.18 Å². The van der Waals surface area contributed by atoms with Gasteiger partial charge in [0.15, 0.2) is 0 Å². The first kappa shape index (κ1) is 8.23. The molecule has 0 bridgehead atoms. The highest BCUT2D eigenvalue weighted by atomic mass is 19.1. The monoisotopic (exact) mass is 179 g/mol. The van der Waals surface area contributed by atoms with Crippen LogP contribution in [0.25, 0.3) is 0 Å². The number of benzene rings is 1. The zero-order valence-corrected chi connectivity index (χ0v) is 7.30. The van der Waals surface area contributed by atoms with E-state index in [1.54, 1.807) is 13.0 Å². The summed E-state index contributed by atoms with van der Waals surface area (Å²) in [5.41, 5.74) is 1.48. The van der Waals surface area contributed by atoms with E-state index < -0.39 is 0 Å². The number of β-lactam (4-membered cyclic amide) rings is 1. The standard InChI is InChI=1S/C10H10FNO/c1-6-2-3-7(4-8(6)11)9-5-10(13)12-9/h2-4,9H,5H2,1H3,(H,12,13). The predicted molar refractivity (Wildman–Crippen MR) is 46.6 cm³/mol. The van der Waals surface area contributed by atoms with E-state index in [0.717, 1.165) is 5.56 Å². The molecule has 3 heteroatoms. The zero-order valence-electron chi connectivity index (χ0n) is 7.30. The molecule has 0 saturated carbocycles. The van der Waals surface area contributed by atoms with Crippen molar-refractivity contribution >= 4 is 5.91 Å². The van der Waals surface area contributed by atoms with Gasteiger partial charge in [-0.1, -0.05) is 12.1 Å². The number of amides is 1. The molecule has 0 aromatic heterocycles. The first-order valence-corrected chi connectivity index (χ1v) is 4.22. The molecular weight excluding hydrogens is 169 g/mol. The number of nitrogens with one attached hydrogen (secondary N) is 1. The molecule has 0 spiro atoms. The molecule has 1 N–H and O–H groups in total. The molecule has 13 heavy (non-hydrogen) atoms. The normalized spacial score (nSPS) is 20.8. The van der Waals surface area contributed by atoms with E-state index in [1.807, 2.05) is 6.07 Å². The van der Waals surface area contributed by atoms with Crippen molar-refractivity contribution in [2.45, 2.75) is 19.4 Å². The van der Waals surface area contributed by atoms with Crippen molar-refractivity contribution in [2.24, 2.45) is 0 Å². The minimum Gasteiger partial charge on any atom is -0.349 e. The fourth-order valence-electron chi connectivity index (χ4n) is 1.39. The van der Waals surface area contributed by atoms with Crippen LogP contribution in [0.1, 0.15) is 23.6 Å². The number of halogens is 1. The fraction of sp³-hybridized carbons (Fsp3) is 0.300. The number of aryl methyl sites for hydroxylation is 1. The van der Waals surface area contributed by atoms with Crippen LogP contribution in [0.2, 0.25) is 0 Å². The molecular formula is C10H10FNO. The molecule has 2 rings (SSSR count). The van der Waals surface area contributed by atoms with Gasteiger partial charge in [-0.05, 0) is 24.1 Å². The van der Waals surface area contributed by atoms with Crippen molar-refractivity contribution in [1.29, 1.82) is 0 Å². The van der Waals surface area contributed by atoms with Crippen molar-refractivity contribution < 1.29 is 9.18 Å². The van der Waals surface area contributed by atoms with Crippen LogP contribution in [0.15, 0.2) is 18.2 Å². The van der Waals surface area contributed by atoms with Crippen LogP contribution in [0, 0.1) is 12.7 Å². The molecule has 1 fully saturated rings. The lowest BCUT2D eigenvalue weighted by Gasteiger charge is -2.27. The Labute approximate surface area is 75.8 Å². The van der Waals surface area contributed by atoms with Gasteiger partial charge in [0.2, 0.25) is 5.91 Å². The predicted octanol–water partition coefficient (Wildman–Crippen LogP) is 1.70. The summed E-state index contributed by atoms with van der Waals surface area (Å²) < 4.78 is 13.1. The molecule has 1 aliphatic rings. The van der Waals surface area contributed by atoms with Gasteiger partial charge in [0.1, 0.15) is 5.82 Å². The van der Waals surface area contributed by atoms with Crippen LogP contribution >= 0.6 is 0 Å². The summed E-state index contributed by atoms with van der Waals surface area (Å²) in [5, 5.41) is 2.70. The largest absolute Gasteiger partial charge is 0.349 e. The van der Waals surface area contributed by atoms with Gasteiger partial charge in [-0.15, -0.1) is 0 Å². The zero-order chi connectivity index (χ0) is 9.42. The highest BCUT2D eigenvalue weighted by Gasteiger charge is 2.26. The fourth-order valence-corrected chi connectivity index (χ4v) is 1.39. The molecule has 1 aromatic carbocycles. The first-order valence-electron chi connectivity index (χ1n) is 4.22. The SMILES string of the molecule is Cc1ccc(C2CC(=O)N2)cc1F. The molecule has 68 valence electrons. The van der Waals surface area contributed by atoms with E-state index >= 15 is 0 Å². The first-order chi connectivity index (χ1) is 6.16. The summed E-state index contributed by atoms with van der Waals surface area (Å²) in [6, 6.07) is 5.08. The van der Waals surface area contributed by atoms with Crippen molar-refractivity contribution in [3.63, 3.8) is 0 Å². The van der Waals surface area contributed by atoms with Crippen molar-refractivity contribution in [3.8, 4) is 0 Å². The summed E-state index contributed by atoms with van der Waals surface area (Å²) in [6.07, 6.45) is 0.475. The van der Waals surface area contributed by atoms with Gasteiger partial charge in [0, 0.05) is 0 Å². The molecule has 1 atom stereocenters. The summed E-state index contributed by atoms with van der Waals surface area (Å²) in [4.78, 5) is 10.6. The molecule has 1 saturated heterocycles. The van der Waals surface area contributed by atoms with Crippen LogP contribution in [-0.2, 0) is 4.79 Å². The maximum Gasteiger partial charge on any atom is 0.222 e. The molecule has 1 aromatic rings. The van der Waals surface area contributed by atoms with E-state index in [4.69, 9.17) is 0 Å². The van der Waals surface area contributed by atoms with Gasteiger partial charge in [-0.3, -0.25) is 4.79 Å². The van der Waals surface area contributed by atoms with Gasteiger partial charge in [0.25, 0.3) is 0 Å².